The highest BCUT2D eigenvalue weighted by Crippen LogP contribution is 2.44. The minimum Gasteiger partial charge on any atom is -0.387 e. The standard InChI is InChI=1S/C21H25N3O/c1-20(16-17-10-4-2-5-11-17,21(25)14-8-3-9-15-21)24-19-13-7-6-12-18(19)22-23-24/h2,4-7,10-13,25H,3,8-9,14-16H2,1H3. The number of aliphatic hydroxyl groups is 1. The minimum absolute atomic E-state index is 0.537. The first-order valence-electron chi connectivity index (χ1n) is 9.20. The van der Waals surface area contributed by atoms with Crippen LogP contribution in [0.25, 0.3) is 11.0 Å². The Hall–Kier alpha value is -2.20. The van der Waals surface area contributed by atoms with E-state index in [9.17, 15) is 5.11 Å². The Labute approximate surface area is 148 Å². The highest BCUT2D eigenvalue weighted by molar-refractivity contribution is 5.74. The maximum absolute atomic E-state index is 11.7. The maximum Gasteiger partial charge on any atom is 0.113 e. The molecule has 1 heterocycles. The van der Waals surface area contributed by atoms with Crippen LogP contribution in [0.1, 0.15) is 44.6 Å². The van der Waals surface area contributed by atoms with Crippen LogP contribution in [-0.2, 0) is 12.0 Å². The first-order valence-corrected chi connectivity index (χ1v) is 9.20. The van der Waals surface area contributed by atoms with Gasteiger partial charge in [0.1, 0.15) is 5.52 Å². The van der Waals surface area contributed by atoms with Gasteiger partial charge in [0.05, 0.1) is 16.7 Å². The van der Waals surface area contributed by atoms with Gasteiger partial charge in [0.15, 0.2) is 0 Å². The number of hydrogen-bond donors (Lipinski definition) is 1. The molecule has 0 aliphatic heterocycles. The highest BCUT2D eigenvalue weighted by atomic mass is 16.3. The summed E-state index contributed by atoms with van der Waals surface area (Å²) in [4.78, 5) is 0. The Kier molecular flexibility index (Phi) is 4.08. The summed E-state index contributed by atoms with van der Waals surface area (Å²) in [6.45, 7) is 2.15. The zero-order valence-electron chi connectivity index (χ0n) is 14.7. The predicted molar refractivity (Wildman–Crippen MR) is 99.4 cm³/mol. The number of nitrogens with zero attached hydrogens (tertiary/aromatic N) is 3. The fraction of sp³-hybridized carbons (Fsp3) is 0.429. The molecule has 1 N–H and O–H groups in total. The van der Waals surface area contributed by atoms with Gasteiger partial charge in [-0.15, -0.1) is 5.10 Å². The van der Waals surface area contributed by atoms with Crippen molar-refractivity contribution in [1.29, 1.82) is 0 Å². The molecule has 3 aromatic rings. The lowest BCUT2D eigenvalue weighted by atomic mass is 9.69. The molecule has 0 radical (unpaired) electrons. The molecule has 1 aliphatic carbocycles. The van der Waals surface area contributed by atoms with Gasteiger partial charge in [-0.1, -0.05) is 66.9 Å². The van der Waals surface area contributed by atoms with E-state index < -0.39 is 11.1 Å². The van der Waals surface area contributed by atoms with E-state index in [2.05, 4.69) is 41.5 Å². The Morgan fingerprint density at radius 2 is 1.68 bits per heavy atom. The number of aromatic nitrogens is 3. The smallest absolute Gasteiger partial charge is 0.113 e. The molecule has 4 rings (SSSR count). The SMILES string of the molecule is CC(Cc1ccccc1)(n1nnc2ccccc21)C1(O)CCCCC1. The average molecular weight is 335 g/mol. The Morgan fingerprint density at radius 3 is 2.44 bits per heavy atom. The zero-order valence-corrected chi connectivity index (χ0v) is 14.7. The molecule has 1 saturated carbocycles. The van der Waals surface area contributed by atoms with Gasteiger partial charge < -0.3 is 5.11 Å². The molecular formula is C21H25N3O. The number of para-hydroxylation sites is 1. The van der Waals surface area contributed by atoms with Gasteiger partial charge in [-0.05, 0) is 37.5 Å². The Morgan fingerprint density at radius 1 is 1.00 bits per heavy atom. The zero-order chi connectivity index (χ0) is 17.3. The number of rotatable bonds is 4. The Balaban J connectivity index is 1.86. The fourth-order valence-corrected chi connectivity index (χ4v) is 4.34. The number of benzene rings is 2. The molecule has 1 fully saturated rings. The van der Waals surface area contributed by atoms with Gasteiger partial charge in [0.25, 0.3) is 0 Å². The van der Waals surface area contributed by atoms with Gasteiger partial charge in [0, 0.05) is 6.42 Å². The van der Waals surface area contributed by atoms with E-state index in [0.717, 1.165) is 43.1 Å². The molecule has 4 nitrogen and oxygen atoms in total. The third kappa shape index (κ3) is 2.74. The van der Waals surface area contributed by atoms with Gasteiger partial charge in [-0.2, -0.15) is 0 Å². The van der Waals surface area contributed by atoms with Crippen molar-refractivity contribution in [2.45, 2.75) is 56.6 Å². The topological polar surface area (TPSA) is 50.9 Å². The third-order valence-electron chi connectivity index (χ3n) is 5.89. The van der Waals surface area contributed by atoms with Crippen LogP contribution in [0.4, 0.5) is 0 Å². The van der Waals surface area contributed by atoms with E-state index in [0.29, 0.717) is 0 Å². The van der Waals surface area contributed by atoms with E-state index >= 15 is 0 Å². The normalized spacial score (nSPS) is 19.6. The monoisotopic (exact) mass is 335 g/mol. The molecule has 1 aromatic heterocycles. The largest absolute Gasteiger partial charge is 0.387 e. The van der Waals surface area contributed by atoms with Gasteiger partial charge in [0.2, 0.25) is 0 Å². The van der Waals surface area contributed by atoms with Crippen molar-refractivity contribution in [3.63, 3.8) is 0 Å². The van der Waals surface area contributed by atoms with Crippen LogP contribution in [0.3, 0.4) is 0 Å². The van der Waals surface area contributed by atoms with Gasteiger partial charge >= 0.3 is 0 Å². The fourth-order valence-electron chi connectivity index (χ4n) is 4.34. The summed E-state index contributed by atoms with van der Waals surface area (Å²) in [5.41, 5.74) is 1.76. The molecule has 0 amide bonds. The lowest BCUT2D eigenvalue weighted by molar-refractivity contribution is -0.0967. The molecule has 0 spiro atoms. The lowest BCUT2D eigenvalue weighted by Gasteiger charge is -2.47. The van der Waals surface area contributed by atoms with Gasteiger partial charge in [-0.25, -0.2) is 4.68 Å². The second-order valence-corrected chi connectivity index (χ2v) is 7.52. The average Bonchev–Trinajstić information content (AvgIpc) is 3.08. The van der Waals surface area contributed by atoms with Crippen LogP contribution >= 0.6 is 0 Å². The summed E-state index contributed by atoms with van der Waals surface area (Å²) in [7, 11) is 0. The Bertz CT molecular complexity index is 852. The molecular weight excluding hydrogens is 310 g/mol. The first kappa shape index (κ1) is 16.3. The lowest BCUT2D eigenvalue weighted by Crippen LogP contribution is -2.56. The summed E-state index contributed by atoms with van der Waals surface area (Å²) in [6.07, 6.45) is 5.68. The number of fused-ring (bicyclic) bond motifs is 1. The van der Waals surface area contributed by atoms with E-state index in [1.807, 2.05) is 35.0 Å². The van der Waals surface area contributed by atoms with Crippen LogP contribution in [0, 0.1) is 0 Å². The predicted octanol–water partition coefficient (Wildman–Crippen LogP) is 4.08. The number of hydrogen-bond acceptors (Lipinski definition) is 3. The second kappa shape index (κ2) is 6.26. The van der Waals surface area contributed by atoms with Crippen LogP contribution < -0.4 is 0 Å². The summed E-state index contributed by atoms with van der Waals surface area (Å²) in [5, 5.41) is 20.5. The molecule has 0 bridgehead atoms. The summed E-state index contributed by atoms with van der Waals surface area (Å²) >= 11 is 0. The summed E-state index contributed by atoms with van der Waals surface area (Å²) in [6, 6.07) is 18.4. The summed E-state index contributed by atoms with van der Waals surface area (Å²) in [5.74, 6) is 0. The van der Waals surface area contributed by atoms with Crippen LogP contribution in [0.15, 0.2) is 54.6 Å². The van der Waals surface area contributed by atoms with Crippen molar-refractivity contribution in [3.05, 3.63) is 60.2 Å². The van der Waals surface area contributed by atoms with Crippen molar-refractivity contribution in [3.8, 4) is 0 Å². The minimum atomic E-state index is -0.780. The molecule has 4 heteroatoms. The molecule has 1 unspecified atom stereocenters. The van der Waals surface area contributed by atoms with Crippen molar-refractivity contribution >= 4 is 11.0 Å². The molecule has 130 valence electrons. The molecule has 2 aromatic carbocycles. The molecule has 1 aliphatic rings. The van der Waals surface area contributed by atoms with Crippen molar-refractivity contribution in [2.75, 3.05) is 0 Å². The molecule has 0 saturated heterocycles. The van der Waals surface area contributed by atoms with E-state index in [1.54, 1.807) is 0 Å². The third-order valence-corrected chi connectivity index (χ3v) is 5.89. The van der Waals surface area contributed by atoms with E-state index in [4.69, 9.17) is 0 Å². The molecule has 1 atom stereocenters. The van der Waals surface area contributed by atoms with E-state index in [-0.39, 0.29) is 0 Å². The molecule has 25 heavy (non-hydrogen) atoms. The van der Waals surface area contributed by atoms with Gasteiger partial charge in [-0.3, -0.25) is 0 Å². The second-order valence-electron chi connectivity index (χ2n) is 7.52. The maximum atomic E-state index is 11.7. The highest BCUT2D eigenvalue weighted by Gasteiger charge is 2.50. The van der Waals surface area contributed by atoms with Crippen molar-refractivity contribution < 1.29 is 5.11 Å². The first-order chi connectivity index (χ1) is 12.1. The quantitative estimate of drug-likeness (QED) is 0.781. The summed E-state index contributed by atoms with van der Waals surface area (Å²) < 4.78 is 1.97. The van der Waals surface area contributed by atoms with Crippen molar-refractivity contribution in [2.24, 2.45) is 0 Å². The van der Waals surface area contributed by atoms with Crippen LogP contribution in [-0.4, -0.2) is 25.7 Å². The van der Waals surface area contributed by atoms with Crippen LogP contribution in [0.5, 0.6) is 0 Å². The van der Waals surface area contributed by atoms with Crippen LogP contribution in [0.2, 0.25) is 0 Å². The van der Waals surface area contributed by atoms with Crippen molar-refractivity contribution in [1.82, 2.24) is 15.0 Å². The van der Waals surface area contributed by atoms with E-state index in [1.165, 1.54) is 12.0 Å².